The molecule has 0 saturated carbocycles. The highest BCUT2D eigenvalue weighted by molar-refractivity contribution is 5.82. The van der Waals surface area contributed by atoms with Crippen LogP contribution in [-0.2, 0) is 17.8 Å². The fourth-order valence-corrected chi connectivity index (χ4v) is 2.78. The zero-order valence-corrected chi connectivity index (χ0v) is 15.2. The molecular weight excluding hydrogens is 344 g/mol. The highest BCUT2D eigenvalue weighted by Crippen LogP contribution is 2.23. The molecule has 3 aromatic rings. The van der Waals surface area contributed by atoms with Crippen LogP contribution in [0.3, 0.4) is 0 Å². The summed E-state index contributed by atoms with van der Waals surface area (Å²) in [6, 6.07) is 10.6. The number of pyridine rings is 1. The molecule has 0 bridgehead atoms. The van der Waals surface area contributed by atoms with Crippen LogP contribution in [0.25, 0.3) is 11.0 Å². The van der Waals surface area contributed by atoms with E-state index in [0.29, 0.717) is 17.9 Å². The second kappa shape index (κ2) is 8.98. The Hall–Kier alpha value is -3.15. The Morgan fingerprint density at radius 2 is 2.15 bits per heavy atom. The Labute approximate surface area is 157 Å². The van der Waals surface area contributed by atoms with Gasteiger partial charge in [-0.05, 0) is 42.2 Å². The van der Waals surface area contributed by atoms with Gasteiger partial charge in [-0.2, -0.15) is 0 Å². The average molecular weight is 366 g/mol. The van der Waals surface area contributed by atoms with E-state index in [1.54, 1.807) is 30.6 Å². The van der Waals surface area contributed by atoms with Gasteiger partial charge in [0.25, 0.3) is 5.91 Å². The van der Waals surface area contributed by atoms with Gasteiger partial charge in [0.1, 0.15) is 11.3 Å². The summed E-state index contributed by atoms with van der Waals surface area (Å²) < 4.78 is 10.8. The quantitative estimate of drug-likeness (QED) is 0.619. The molecule has 140 valence electrons. The molecule has 1 aromatic carbocycles. The van der Waals surface area contributed by atoms with E-state index in [2.05, 4.69) is 17.2 Å². The number of rotatable bonds is 8. The highest BCUT2D eigenvalue weighted by atomic mass is 16.5. The molecule has 6 heteroatoms. The van der Waals surface area contributed by atoms with Gasteiger partial charge in [-0.3, -0.25) is 9.78 Å². The number of hydrogen-bond acceptors (Lipinski definition) is 5. The summed E-state index contributed by atoms with van der Waals surface area (Å²) in [6.45, 7) is 2.38. The van der Waals surface area contributed by atoms with E-state index in [0.717, 1.165) is 35.8 Å². The molecule has 2 heterocycles. The van der Waals surface area contributed by atoms with E-state index >= 15 is 0 Å². The van der Waals surface area contributed by atoms with Crippen molar-refractivity contribution in [2.24, 2.45) is 0 Å². The molecule has 1 N–H and O–H groups in total. The van der Waals surface area contributed by atoms with Crippen LogP contribution in [0.1, 0.15) is 30.9 Å². The number of nitrogens with one attached hydrogen (secondary N) is 1. The molecule has 6 nitrogen and oxygen atoms in total. The number of benzene rings is 1. The summed E-state index contributed by atoms with van der Waals surface area (Å²) in [4.78, 5) is 27.7. The fourth-order valence-electron chi connectivity index (χ4n) is 2.78. The topological polar surface area (TPSA) is 81.4 Å². The fraction of sp³-hybridized carbons (Fsp3) is 0.286. The first kappa shape index (κ1) is 18.6. The zero-order chi connectivity index (χ0) is 19.1. The lowest BCUT2D eigenvalue weighted by Gasteiger charge is -2.09. The molecule has 0 spiro atoms. The maximum absolute atomic E-state index is 11.9. The smallest absolute Gasteiger partial charge is 0.336 e. The van der Waals surface area contributed by atoms with E-state index in [-0.39, 0.29) is 18.1 Å². The van der Waals surface area contributed by atoms with E-state index in [1.165, 1.54) is 0 Å². The molecule has 0 saturated heterocycles. The minimum Gasteiger partial charge on any atom is -0.484 e. The number of amides is 1. The van der Waals surface area contributed by atoms with Gasteiger partial charge >= 0.3 is 5.63 Å². The van der Waals surface area contributed by atoms with Crippen molar-refractivity contribution in [3.63, 3.8) is 0 Å². The molecule has 0 radical (unpaired) electrons. The van der Waals surface area contributed by atoms with Crippen LogP contribution in [-0.4, -0.2) is 17.5 Å². The molecule has 2 aromatic heterocycles. The second-order valence-electron chi connectivity index (χ2n) is 6.28. The standard InChI is InChI=1S/C21H22N2O4/c1-2-3-6-16-10-21(25)27-19-11-17(7-8-18(16)19)26-14-20(24)23-13-15-5-4-9-22-12-15/h4-5,7-12H,2-3,6,13-14H2,1H3,(H,23,24). The average Bonchev–Trinajstić information content (AvgIpc) is 2.69. The van der Waals surface area contributed by atoms with Crippen LogP contribution in [0.15, 0.2) is 58.0 Å². The number of nitrogens with zero attached hydrogens (tertiary/aromatic N) is 1. The summed E-state index contributed by atoms with van der Waals surface area (Å²) >= 11 is 0. The highest BCUT2D eigenvalue weighted by Gasteiger charge is 2.08. The molecule has 0 aliphatic heterocycles. The maximum atomic E-state index is 11.9. The minimum absolute atomic E-state index is 0.120. The predicted molar refractivity (Wildman–Crippen MR) is 103 cm³/mol. The largest absolute Gasteiger partial charge is 0.484 e. The third-order valence-corrected chi connectivity index (χ3v) is 4.18. The Morgan fingerprint density at radius 1 is 1.26 bits per heavy atom. The Kier molecular flexibility index (Phi) is 6.20. The molecule has 27 heavy (non-hydrogen) atoms. The van der Waals surface area contributed by atoms with Crippen LogP contribution in [0, 0.1) is 0 Å². The van der Waals surface area contributed by atoms with Crippen molar-refractivity contribution < 1.29 is 13.9 Å². The number of aromatic nitrogens is 1. The molecule has 0 aliphatic carbocycles. The summed E-state index contributed by atoms with van der Waals surface area (Å²) in [6.07, 6.45) is 6.27. The van der Waals surface area contributed by atoms with Gasteiger partial charge in [0.05, 0.1) is 0 Å². The van der Waals surface area contributed by atoms with Crippen LogP contribution in [0.5, 0.6) is 5.75 Å². The zero-order valence-electron chi connectivity index (χ0n) is 15.2. The second-order valence-corrected chi connectivity index (χ2v) is 6.28. The van der Waals surface area contributed by atoms with Gasteiger partial charge in [0, 0.05) is 36.5 Å². The number of hydrogen-bond donors (Lipinski definition) is 1. The lowest BCUT2D eigenvalue weighted by Crippen LogP contribution is -2.28. The van der Waals surface area contributed by atoms with Crippen molar-refractivity contribution in [3.05, 3.63) is 70.3 Å². The normalized spacial score (nSPS) is 10.7. The van der Waals surface area contributed by atoms with Crippen molar-refractivity contribution in [3.8, 4) is 5.75 Å². The van der Waals surface area contributed by atoms with Gasteiger partial charge < -0.3 is 14.5 Å². The van der Waals surface area contributed by atoms with Gasteiger partial charge in [-0.25, -0.2) is 4.79 Å². The number of fused-ring (bicyclic) bond motifs is 1. The lowest BCUT2D eigenvalue weighted by molar-refractivity contribution is -0.123. The van der Waals surface area contributed by atoms with Gasteiger partial charge in [-0.15, -0.1) is 0 Å². The van der Waals surface area contributed by atoms with Gasteiger partial charge in [0.15, 0.2) is 6.61 Å². The summed E-state index contributed by atoms with van der Waals surface area (Å²) in [7, 11) is 0. The van der Waals surface area contributed by atoms with Gasteiger partial charge in [0.2, 0.25) is 0 Å². The van der Waals surface area contributed by atoms with Crippen molar-refractivity contribution in [2.75, 3.05) is 6.61 Å². The third kappa shape index (κ3) is 5.17. The van der Waals surface area contributed by atoms with E-state index in [4.69, 9.17) is 9.15 Å². The summed E-state index contributed by atoms with van der Waals surface area (Å²) in [5.74, 6) is 0.243. The Balaban J connectivity index is 1.63. The van der Waals surface area contributed by atoms with Crippen molar-refractivity contribution >= 4 is 16.9 Å². The summed E-state index contributed by atoms with van der Waals surface area (Å²) in [5, 5.41) is 3.67. The monoisotopic (exact) mass is 366 g/mol. The minimum atomic E-state index is -0.375. The number of ether oxygens (including phenoxy) is 1. The van der Waals surface area contributed by atoms with E-state index in [9.17, 15) is 9.59 Å². The van der Waals surface area contributed by atoms with Crippen molar-refractivity contribution in [2.45, 2.75) is 32.7 Å². The molecule has 0 fully saturated rings. The van der Waals surface area contributed by atoms with Crippen LogP contribution in [0.2, 0.25) is 0 Å². The molecule has 1 amide bonds. The van der Waals surface area contributed by atoms with Crippen molar-refractivity contribution in [1.29, 1.82) is 0 Å². The molecule has 0 atom stereocenters. The van der Waals surface area contributed by atoms with E-state index < -0.39 is 0 Å². The Bertz CT molecular complexity index is 967. The number of carbonyl (C=O) groups excluding carboxylic acids is 1. The predicted octanol–water partition coefficient (Wildman–Crippen LogP) is 3.23. The van der Waals surface area contributed by atoms with E-state index in [1.807, 2.05) is 18.2 Å². The summed E-state index contributed by atoms with van der Waals surface area (Å²) in [5.41, 5.74) is 1.99. The lowest BCUT2D eigenvalue weighted by atomic mass is 10.0. The number of unbranched alkanes of at least 4 members (excludes halogenated alkanes) is 1. The Morgan fingerprint density at radius 3 is 2.93 bits per heavy atom. The molecule has 3 rings (SSSR count). The molecule has 0 unspecified atom stereocenters. The van der Waals surface area contributed by atoms with Gasteiger partial charge in [-0.1, -0.05) is 19.4 Å². The number of carbonyl (C=O) groups is 1. The van der Waals surface area contributed by atoms with Crippen LogP contribution in [0.4, 0.5) is 0 Å². The molecular formula is C21H22N2O4. The van der Waals surface area contributed by atoms with Crippen molar-refractivity contribution in [1.82, 2.24) is 10.3 Å². The third-order valence-electron chi connectivity index (χ3n) is 4.18. The number of aryl methyl sites for hydroxylation is 1. The molecule has 0 aliphatic rings. The first-order valence-corrected chi connectivity index (χ1v) is 9.01. The van der Waals surface area contributed by atoms with Crippen LogP contribution >= 0.6 is 0 Å². The van der Waals surface area contributed by atoms with Crippen LogP contribution < -0.4 is 15.7 Å². The SMILES string of the molecule is CCCCc1cc(=O)oc2cc(OCC(=O)NCc3cccnc3)ccc12. The first-order valence-electron chi connectivity index (χ1n) is 9.01. The first-order chi connectivity index (χ1) is 13.2. The maximum Gasteiger partial charge on any atom is 0.336 e.